The SMILES string of the molecule is CCNc1nc(CC)nc(N(C)CC(=O)NC2CC2)c1C. The second-order valence-corrected chi connectivity index (χ2v) is 5.52. The molecule has 0 saturated heterocycles. The summed E-state index contributed by atoms with van der Waals surface area (Å²) >= 11 is 0. The van der Waals surface area contributed by atoms with Crippen molar-refractivity contribution in [2.45, 2.75) is 46.1 Å². The lowest BCUT2D eigenvalue weighted by Crippen LogP contribution is -2.37. The molecular formula is C15H25N5O. The van der Waals surface area contributed by atoms with Gasteiger partial charge in [0.25, 0.3) is 0 Å². The highest BCUT2D eigenvalue weighted by Gasteiger charge is 2.24. The molecule has 116 valence electrons. The maximum atomic E-state index is 11.9. The van der Waals surface area contributed by atoms with E-state index in [-0.39, 0.29) is 5.91 Å². The van der Waals surface area contributed by atoms with Gasteiger partial charge in [0.2, 0.25) is 5.91 Å². The van der Waals surface area contributed by atoms with Crippen molar-refractivity contribution in [3.05, 3.63) is 11.4 Å². The molecule has 0 spiro atoms. The molecule has 0 bridgehead atoms. The number of rotatable bonds is 7. The molecule has 21 heavy (non-hydrogen) atoms. The third kappa shape index (κ3) is 4.06. The van der Waals surface area contributed by atoms with E-state index in [1.165, 1.54) is 0 Å². The van der Waals surface area contributed by atoms with Gasteiger partial charge in [-0.2, -0.15) is 0 Å². The number of nitrogens with zero attached hydrogens (tertiary/aromatic N) is 3. The van der Waals surface area contributed by atoms with E-state index in [1.807, 2.05) is 32.7 Å². The Labute approximate surface area is 126 Å². The topological polar surface area (TPSA) is 70.2 Å². The van der Waals surface area contributed by atoms with E-state index >= 15 is 0 Å². The minimum atomic E-state index is 0.0565. The number of nitrogens with one attached hydrogen (secondary N) is 2. The van der Waals surface area contributed by atoms with Crippen LogP contribution >= 0.6 is 0 Å². The maximum Gasteiger partial charge on any atom is 0.239 e. The molecule has 1 heterocycles. The number of likely N-dealkylation sites (N-methyl/N-ethyl adjacent to an activating group) is 1. The number of hydrogen-bond donors (Lipinski definition) is 2. The van der Waals surface area contributed by atoms with E-state index in [0.717, 1.165) is 48.8 Å². The minimum absolute atomic E-state index is 0.0565. The second kappa shape index (κ2) is 6.74. The van der Waals surface area contributed by atoms with E-state index in [2.05, 4.69) is 20.6 Å². The zero-order valence-electron chi connectivity index (χ0n) is 13.4. The molecule has 0 unspecified atom stereocenters. The lowest BCUT2D eigenvalue weighted by molar-refractivity contribution is -0.119. The van der Waals surface area contributed by atoms with Crippen molar-refractivity contribution < 1.29 is 4.79 Å². The van der Waals surface area contributed by atoms with Gasteiger partial charge in [0.05, 0.1) is 6.54 Å². The second-order valence-electron chi connectivity index (χ2n) is 5.52. The Morgan fingerprint density at radius 1 is 1.33 bits per heavy atom. The average Bonchev–Trinajstić information content (AvgIpc) is 3.24. The largest absolute Gasteiger partial charge is 0.370 e. The molecule has 2 rings (SSSR count). The third-order valence-electron chi connectivity index (χ3n) is 3.51. The molecule has 1 aliphatic carbocycles. The van der Waals surface area contributed by atoms with E-state index in [0.29, 0.717) is 12.6 Å². The van der Waals surface area contributed by atoms with Crippen LogP contribution in [0.3, 0.4) is 0 Å². The normalized spacial score (nSPS) is 13.9. The molecule has 1 fully saturated rings. The molecule has 6 heteroatoms. The van der Waals surface area contributed by atoms with Crippen molar-refractivity contribution >= 4 is 17.5 Å². The summed E-state index contributed by atoms with van der Waals surface area (Å²) in [5.41, 5.74) is 0.982. The van der Waals surface area contributed by atoms with Gasteiger partial charge in [-0.3, -0.25) is 4.79 Å². The highest BCUT2D eigenvalue weighted by Crippen LogP contribution is 2.23. The van der Waals surface area contributed by atoms with Gasteiger partial charge in [-0.1, -0.05) is 6.92 Å². The summed E-state index contributed by atoms with van der Waals surface area (Å²) in [6.45, 7) is 7.20. The Balaban J connectivity index is 2.15. The zero-order valence-corrected chi connectivity index (χ0v) is 13.4. The molecule has 0 aromatic carbocycles. The predicted octanol–water partition coefficient (Wildman–Crippen LogP) is 1.49. The summed E-state index contributed by atoms with van der Waals surface area (Å²) in [7, 11) is 1.90. The van der Waals surface area contributed by atoms with Crippen molar-refractivity contribution in [1.82, 2.24) is 15.3 Å². The number of amides is 1. The smallest absolute Gasteiger partial charge is 0.239 e. The number of aromatic nitrogens is 2. The van der Waals surface area contributed by atoms with Crippen LogP contribution in [0.5, 0.6) is 0 Å². The fourth-order valence-corrected chi connectivity index (χ4v) is 2.21. The van der Waals surface area contributed by atoms with Gasteiger partial charge in [0.1, 0.15) is 17.5 Å². The quantitative estimate of drug-likeness (QED) is 0.796. The molecule has 1 saturated carbocycles. The van der Waals surface area contributed by atoms with Gasteiger partial charge < -0.3 is 15.5 Å². The Hall–Kier alpha value is -1.85. The first-order chi connectivity index (χ1) is 10.0. The Bertz CT molecular complexity index is 513. The van der Waals surface area contributed by atoms with Crippen molar-refractivity contribution in [3.63, 3.8) is 0 Å². The number of carbonyl (C=O) groups excluding carboxylic acids is 1. The fraction of sp³-hybridized carbons (Fsp3) is 0.667. The van der Waals surface area contributed by atoms with Crippen LogP contribution in [-0.2, 0) is 11.2 Å². The molecule has 1 aliphatic rings. The van der Waals surface area contributed by atoms with Gasteiger partial charge in [-0.05, 0) is 26.7 Å². The number of carbonyl (C=O) groups is 1. The van der Waals surface area contributed by atoms with Crippen LogP contribution in [0.15, 0.2) is 0 Å². The minimum Gasteiger partial charge on any atom is -0.370 e. The summed E-state index contributed by atoms with van der Waals surface area (Å²) < 4.78 is 0. The molecule has 6 nitrogen and oxygen atoms in total. The summed E-state index contributed by atoms with van der Waals surface area (Å²) in [5, 5.41) is 6.27. The van der Waals surface area contributed by atoms with Crippen LogP contribution in [0.1, 0.15) is 38.1 Å². The summed E-state index contributed by atoms with van der Waals surface area (Å²) in [6, 6.07) is 0.390. The van der Waals surface area contributed by atoms with E-state index in [1.54, 1.807) is 0 Å². The molecule has 0 radical (unpaired) electrons. The monoisotopic (exact) mass is 291 g/mol. The first kappa shape index (κ1) is 15.5. The van der Waals surface area contributed by atoms with E-state index < -0.39 is 0 Å². The first-order valence-corrected chi connectivity index (χ1v) is 7.67. The van der Waals surface area contributed by atoms with Crippen LogP contribution in [0.2, 0.25) is 0 Å². The van der Waals surface area contributed by atoms with Crippen molar-refractivity contribution in [2.24, 2.45) is 0 Å². The van der Waals surface area contributed by atoms with Crippen molar-refractivity contribution in [3.8, 4) is 0 Å². The summed E-state index contributed by atoms with van der Waals surface area (Å²) in [5.74, 6) is 2.53. The zero-order chi connectivity index (χ0) is 15.4. The van der Waals surface area contributed by atoms with Crippen LogP contribution in [-0.4, -0.2) is 42.1 Å². The summed E-state index contributed by atoms with van der Waals surface area (Å²) in [6.07, 6.45) is 2.98. The van der Waals surface area contributed by atoms with Crippen LogP contribution < -0.4 is 15.5 Å². The molecule has 1 amide bonds. The molecule has 1 aromatic heterocycles. The predicted molar refractivity (Wildman–Crippen MR) is 84.7 cm³/mol. The average molecular weight is 291 g/mol. The van der Waals surface area contributed by atoms with Crippen LogP contribution in [0.4, 0.5) is 11.6 Å². The fourth-order valence-electron chi connectivity index (χ4n) is 2.21. The van der Waals surface area contributed by atoms with E-state index in [9.17, 15) is 4.79 Å². The van der Waals surface area contributed by atoms with Gasteiger partial charge in [0.15, 0.2) is 0 Å². The Kier molecular flexibility index (Phi) is 4.98. The summed E-state index contributed by atoms with van der Waals surface area (Å²) in [4.78, 5) is 22.9. The van der Waals surface area contributed by atoms with Crippen molar-refractivity contribution in [2.75, 3.05) is 30.4 Å². The lowest BCUT2D eigenvalue weighted by atomic mass is 10.2. The standard InChI is InChI=1S/C15H25N5O/c1-5-12-18-14(16-6-2)10(3)15(19-12)20(4)9-13(21)17-11-7-8-11/h11H,5-9H2,1-4H3,(H,17,21)(H,16,18,19). The number of hydrogen-bond acceptors (Lipinski definition) is 5. The highest BCUT2D eigenvalue weighted by atomic mass is 16.2. The Morgan fingerprint density at radius 2 is 2.05 bits per heavy atom. The third-order valence-corrected chi connectivity index (χ3v) is 3.51. The number of aryl methyl sites for hydroxylation is 1. The molecule has 2 N–H and O–H groups in total. The van der Waals surface area contributed by atoms with Crippen LogP contribution in [0, 0.1) is 6.92 Å². The maximum absolute atomic E-state index is 11.9. The molecular weight excluding hydrogens is 266 g/mol. The Morgan fingerprint density at radius 3 is 2.62 bits per heavy atom. The number of anilines is 2. The lowest BCUT2D eigenvalue weighted by Gasteiger charge is -2.22. The molecule has 0 aliphatic heterocycles. The first-order valence-electron chi connectivity index (χ1n) is 7.67. The van der Waals surface area contributed by atoms with Gasteiger partial charge in [-0.15, -0.1) is 0 Å². The van der Waals surface area contributed by atoms with Gasteiger partial charge >= 0.3 is 0 Å². The molecule has 0 atom stereocenters. The highest BCUT2D eigenvalue weighted by molar-refractivity contribution is 5.82. The van der Waals surface area contributed by atoms with E-state index in [4.69, 9.17) is 0 Å². The van der Waals surface area contributed by atoms with Crippen molar-refractivity contribution in [1.29, 1.82) is 0 Å². The van der Waals surface area contributed by atoms with Gasteiger partial charge in [-0.25, -0.2) is 9.97 Å². The molecule has 1 aromatic rings. The van der Waals surface area contributed by atoms with Gasteiger partial charge in [0, 0.05) is 31.6 Å². The van der Waals surface area contributed by atoms with Crippen LogP contribution in [0.25, 0.3) is 0 Å².